The molecule has 0 aromatic heterocycles. The normalized spacial score (nSPS) is 14.8. The first-order chi connectivity index (χ1) is 9.93. The Morgan fingerprint density at radius 2 is 2.05 bits per heavy atom. The lowest BCUT2D eigenvalue weighted by molar-refractivity contribution is -0.123. The first-order valence-electron chi connectivity index (χ1n) is 7.23. The van der Waals surface area contributed by atoms with Crippen molar-refractivity contribution < 1.29 is 14.7 Å². The molecule has 21 heavy (non-hydrogen) atoms. The number of nitrogens with zero attached hydrogens (tertiary/aromatic N) is 1. The van der Waals surface area contributed by atoms with Crippen molar-refractivity contribution >= 4 is 17.5 Å². The van der Waals surface area contributed by atoms with E-state index in [1.165, 1.54) is 0 Å². The Hall–Kier alpha value is -1.88. The van der Waals surface area contributed by atoms with Gasteiger partial charge in [-0.05, 0) is 31.9 Å². The number of aryl methyl sites for hydroxylation is 1. The van der Waals surface area contributed by atoms with E-state index in [1.54, 1.807) is 18.7 Å². The fraction of sp³-hybridized carbons (Fsp3) is 0.500. The van der Waals surface area contributed by atoms with Crippen molar-refractivity contribution in [1.82, 2.24) is 5.32 Å². The minimum Gasteiger partial charge on any atom is -0.394 e. The van der Waals surface area contributed by atoms with Gasteiger partial charge in [0, 0.05) is 25.1 Å². The number of aliphatic hydroxyl groups excluding tert-OH is 1. The van der Waals surface area contributed by atoms with E-state index in [4.69, 9.17) is 5.11 Å². The second kappa shape index (κ2) is 6.26. The first kappa shape index (κ1) is 15.5. The number of fused-ring (bicyclic) bond motifs is 1. The molecule has 1 aromatic rings. The number of anilines is 1. The Kier molecular flexibility index (Phi) is 4.63. The van der Waals surface area contributed by atoms with Gasteiger partial charge in [0.2, 0.25) is 11.8 Å². The number of carbonyl (C=O) groups is 2. The van der Waals surface area contributed by atoms with Crippen molar-refractivity contribution in [2.24, 2.45) is 0 Å². The van der Waals surface area contributed by atoms with Crippen LogP contribution in [0.1, 0.15) is 32.3 Å². The third kappa shape index (κ3) is 3.82. The molecule has 1 heterocycles. The highest BCUT2D eigenvalue weighted by atomic mass is 16.3. The molecule has 5 nitrogen and oxygen atoms in total. The summed E-state index contributed by atoms with van der Waals surface area (Å²) in [7, 11) is 0. The van der Waals surface area contributed by atoms with E-state index in [9.17, 15) is 9.59 Å². The van der Waals surface area contributed by atoms with Gasteiger partial charge in [0.15, 0.2) is 0 Å². The average molecular weight is 290 g/mol. The van der Waals surface area contributed by atoms with E-state index < -0.39 is 5.54 Å². The molecular formula is C16H22N2O3. The molecule has 114 valence electrons. The van der Waals surface area contributed by atoms with Crippen LogP contribution in [-0.2, 0) is 16.0 Å². The zero-order chi connectivity index (χ0) is 15.5. The first-order valence-corrected chi connectivity index (χ1v) is 7.23. The minimum absolute atomic E-state index is 0.0583. The molecule has 0 fully saturated rings. The molecule has 0 aliphatic carbocycles. The predicted octanol–water partition coefficient (Wildman–Crippen LogP) is 1.24. The Morgan fingerprint density at radius 1 is 1.33 bits per heavy atom. The summed E-state index contributed by atoms with van der Waals surface area (Å²) >= 11 is 0. The second-order valence-electron chi connectivity index (χ2n) is 6.01. The van der Waals surface area contributed by atoms with Crippen LogP contribution in [0.3, 0.4) is 0 Å². The number of amides is 2. The number of rotatable bonds is 5. The smallest absolute Gasteiger partial charge is 0.227 e. The lowest BCUT2D eigenvalue weighted by Gasteiger charge is -2.30. The molecule has 1 aliphatic heterocycles. The predicted molar refractivity (Wildman–Crippen MR) is 81.0 cm³/mol. The monoisotopic (exact) mass is 290 g/mol. The van der Waals surface area contributed by atoms with E-state index in [0.29, 0.717) is 13.0 Å². The molecule has 5 heteroatoms. The lowest BCUT2D eigenvalue weighted by Crippen LogP contribution is -2.47. The van der Waals surface area contributed by atoms with Gasteiger partial charge in [-0.2, -0.15) is 0 Å². The molecule has 1 aliphatic rings. The van der Waals surface area contributed by atoms with Crippen molar-refractivity contribution in [3.05, 3.63) is 29.8 Å². The van der Waals surface area contributed by atoms with Gasteiger partial charge in [0.05, 0.1) is 12.1 Å². The summed E-state index contributed by atoms with van der Waals surface area (Å²) in [6, 6.07) is 7.80. The highest BCUT2D eigenvalue weighted by Crippen LogP contribution is 2.27. The maximum absolute atomic E-state index is 12.1. The minimum atomic E-state index is -0.638. The third-order valence-electron chi connectivity index (χ3n) is 3.63. The molecule has 2 amide bonds. The Morgan fingerprint density at radius 3 is 2.76 bits per heavy atom. The zero-order valence-corrected chi connectivity index (χ0v) is 12.6. The SMILES string of the molecule is CC(C)(CO)NC(=O)CCN1C(=O)CCc2ccccc21. The molecule has 0 bridgehead atoms. The van der Waals surface area contributed by atoms with Crippen LogP contribution in [0.5, 0.6) is 0 Å². The Bertz CT molecular complexity index is 540. The van der Waals surface area contributed by atoms with Gasteiger partial charge >= 0.3 is 0 Å². The summed E-state index contributed by atoms with van der Waals surface area (Å²) in [4.78, 5) is 25.7. The lowest BCUT2D eigenvalue weighted by atomic mass is 10.0. The molecule has 0 radical (unpaired) electrons. The molecule has 2 N–H and O–H groups in total. The summed E-state index contributed by atoms with van der Waals surface area (Å²) in [6.45, 7) is 3.76. The number of nitrogens with one attached hydrogen (secondary N) is 1. The fourth-order valence-corrected chi connectivity index (χ4v) is 2.43. The van der Waals surface area contributed by atoms with Gasteiger partial charge in [-0.3, -0.25) is 9.59 Å². The van der Waals surface area contributed by atoms with Gasteiger partial charge in [0.25, 0.3) is 0 Å². The maximum atomic E-state index is 12.1. The van der Waals surface area contributed by atoms with Gasteiger partial charge in [-0.15, -0.1) is 0 Å². The van der Waals surface area contributed by atoms with Crippen LogP contribution in [0.4, 0.5) is 5.69 Å². The van der Waals surface area contributed by atoms with Crippen LogP contribution in [0.15, 0.2) is 24.3 Å². The van der Waals surface area contributed by atoms with Crippen molar-refractivity contribution in [1.29, 1.82) is 0 Å². The number of benzene rings is 1. The van der Waals surface area contributed by atoms with E-state index in [2.05, 4.69) is 5.32 Å². The highest BCUT2D eigenvalue weighted by Gasteiger charge is 2.25. The summed E-state index contributed by atoms with van der Waals surface area (Å²) in [6.07, 6.45) is 1.47. The summed E-state index contributed by atoms with van der Waals surface area (Å²) in [5.74, 6) is -0.104. The number of carbonyl (C=O) groups excluding carboxylic acids is 2. The zero-order valence-electron chi connectivity index (χ0n) is 12.6. The topological polar surface area (TPSA) is 69.6 Å². The molecule has 0 atom stereocenters. The van der Waals surface area contributed by atoms with Crippen molar-refractivity contribution in [2.75, 3.05) is 18.1 Å². The molecule has 0 spiro atoms. The van der Waals surface area contributed by atoms with Crippen LogP contribution in [0.25, 0.3) is 0 Å². The van der Waals surface area contributed by atoms with Crippen LogP contribution in [-0.4, -0.2) is 35.6 Å². The van der Waals surface area contributed by atoms with E-state index in [-0.39, 0.29) is 24.8 Å². The standard InChI is InChI=1S/C16H22N2O3/c1-16(2,11-19)17-14(20)9-10-18-13-6-4-3-5-12(13)7-8-15(18)21/h3-6,19H,7-11H2,1-2H3,(H,17,20). The molecule has 0 unspecified atom stereocenters. The van der Waals surface area contributed by atoms with Gasteiger partial charge in [0.1, 0.15) is 0 Å². The van der Waals surface area contributed by atoms with Crippen molar-refractivity contribution in [2.45, 2.75) is 38.6 Å². The molecule has 0 saturated heterocycles. The van der Waals surface area contributed by atoms with Crippen molar-refractivity contribution in [3.63, 3.8) is 0 Å². The van der Waals surface area contributed by atoms with Crippen LogP contribution < -0.4 is 10.2 Å². The highest BCUT2D eigenvalue weighted by molar-refractivity contribution is 5.97. The molecule has 0 saturated carbocycles. The largest absolute Gasteiger partial charge is 0.394 e. The molecule has 1 aromatic carbocycles. The Labute approximate surface area is 125 Å². The van der Waals surface area contributed by atoms with Crippen LogP contribution >= 0.6 is 0 Å². The van der Waals surface area contributed by atoms with Gasteiger partial charge in [-0.1, -0.05) is 18.2 Å². The number of hydrogen-bond acceptors (Lipinski definition) is 3. The fourth-order valence-electron chi connectivity index (χ4n) is 2.43. The summed E-state index contributed by atoms with van der Waals surface area (Å²) in [5.41, 5.74) is 1.41. The number of para-hydroxylation sites is 1. The Balaban J connectivity index is 2.00. The summed E-state index contributed by atoms with van der Waals surface area (Å²) < 4.78 is 0. The molecular weight excluding hydrogens is 268 g/mol. The van der Waals surface area contributed by atoms with E-state index >= 15 is 0 Å². The quantitative estimate of drug-likeness (QED) is 0.857. The number of hydrogen-bond donors (Lipinski definition) is 2. The van der Waals surface area contributed by atoms with Crippen LogP contribution in [0.2, 0.25) is 0 Å². The average Bonchev–Trinajstić information content (AvgIpc) is 2.46. The third-order valence-corrected chi connectivity index (χ3v) is 3.63. The molecule has 2 rings (SSSR count). The van der Waals surface area contributed by atoms with Gasteiger partial charge in [-0.25, -0.2) is 0 Å². The van der Waals surface area contributed by atoms with Crippen LogP contribution in [0, 0.1) is 0 Å². The number of aliphatic hydroxyl groups is 1. The van der Waals surface area contributed by atoms with E-state index in [0.717, 1.165) is 17.7 Å². The van der Waals surface area contributed by atoms with Gasteiger partial charge < -0.3 is 15.3 Å². The second-order valence-corrected chi connectivity index (χ2v) is 6.01. The summed E-state index contributed by atoms with van der Waals surface area (Å²) in [5, 5.41) is 11.9. The maximum Gasteiger partial charge on any atom is 0.227 e. The van der Waals surface area contributed by atoms with E-state index in [1.807, 2.05) is 24.3 Å². The van der Waals surface area contributed by atoms with Crippen molar-refractivity contribution in [3.8, 4) is 0 Å².